The van der Waals surface area contributed by atoms with Crippen molar-refractivity contribution in [3.05, 3.63) is 35.9 Å². The van der Waals surface area contributed by atoms with Crippen molar-refractivity contribution in [1.29, 1.82) is 0 Å². The number of ketones is 1. The number of alkyl halides is 1. The standard InChI is InChI=1S/C20H30FN3O5S/c1-15(2)12-18(23-30(27,28)24-8-10-29-11-9-24)20(26)22-17(19(25)14-21)13-16-6-4-3-5-7-16/h3-7,15,17-18,23H,8-14H2,1-2H3,(H,22,26)/t17?,18-/m0/s1. The van der Waals surface area contributed by atoms with Crippen LogP contribution in [0.15, 0.2) is 30.3 Å². The monoisotopic (exact) mass is 443 g/mol. The largest absolute Gasteiger partial charge is 0.379 e. The summed E-state index contributed by atoms with van der Waals surface area (Å²) < 4.78 is 47.3. The van der Waals surface area contributed by atoms with Crippen molar-refractivity contribution in [1.82, 2.24) is 14.3 Å². The molecular formula is C20H30FN3O5S. The van der Waals surface area contributed by atoms with Crippen LogP contribution in [-0.4, -0.2) is 69.5 Å². The van der Waals surface area contributed by atoms with Gasteiger partial charge in [0.1, 0.15) is 12.7 Å². The normalized spacial score (nSPS) is 17.5. The summed E-state index contributed by atoms with van der Waals surface area (Å²) in [5.74, 6) is -1.40. The second kappa shape index (κ2) is 11.5. The molecule has 1 aliphatic rings. The molecule has 0 bridgehead atoms. The lowest BCUT2D eigenvalue weighted by atomic mass is 10.0. The van der Waals surface area contributed by atoms with Gasteiger partial charge < -0.3 is 10.1 Å². The lowest BCUT2D eigenvalue weighted by molar-refractivity contribution is -0.129. The number of hydrogen-bond donors (Lipinski definition) is 2. The van der Waals surface area contributed by atoms with E-state index in [1.54, 1.807) is 24.3 Å². The first-order chi connectivity index (χ1) is 14.2. The van der Waals surface area contributed by atoms with E-state index in [1.165, 1.54) is 4.31 Å². The average molecular weight is 444 g/mol. The molecule has 8 nitrogen and oxygen atoms in total. The highest BCUT2D eigenvalue weighted by atomic mass is 32.2. The SMILES string of the molecule is CC(C)C[C@H](NS(=O)(=O)N1CCOCC1)C(=O)NC(Cc1ccccc1)C(=O)CF. The van der Waals surface area contributed by atoms with E-state index in [9.17, 15) is 22.4 Å². The molecule has 1 saturated heterocycles. The molecule has 30 heavy (non-hydrogen) atoms. The Labute approximate surface area is 177 Å². The molecular weight excluding hydrogens is 413 g/mol. The number of nitrogens with zero attached hydrogens (tertiary/aromatic N) is 1. The molecule has 0 spiro atoms. The predicted molar refractivity (Wildman–Crippen MR) is 111 cm³/mol. The Bertz CT molecular complexity index is 798. The van der Waals surface area contributed by atoms with Crippen molar-refractivity contribution < 1.29 is 27.1 Å². The van der Waals surface area contributed by atoms with Gasteiger partial charge in [-0.3, -0.25) is 9.59 Å². The highest BCUT2D eigenvalue weighted by Crippen LogP contribution is 2.11. The number of carbonyl (C=O) groups is 2. The minimum atomic E-state index is -3.91. The zero-order chi connectivity index (χ0) is 22.1. The maximum absolute atomic E-state index is 13.1. The number of morpholine rings is 1. The van der Waals surface area contributed by atoms with Gasteiger partial charge in [0.25, 0.3) is 10.2 Å². The molecule has 1 aromatic carbocycles. The van der Waals surface area contributed by atoms with Crippen molar-refractivity contribution in [2.75, 3.05) is 33.0 Å². The first kappa shape index (κ1) is 24.4. The highest BCUT2D eigenvalue weighted by molar-refractivity contribution is 7.87. The summed E-state index contributed by atoms with van der Waals surface area (Å²) in [5, 5.41) is 2.55. The summed E-state index contributed by atoms with van der Waals surface area (Å²) in [5.41, 5.74) is 0.763. The molecule has 1 heterocycles. The van der Waals surface area contributed by atoms with Crippen LogP contribution in [0.3, 0.4) is 0 Å². The summed E-state index contributed by atoms with van der Waals surface area (Å²) in [6.07, 6.45) is 0.358. The third kappa shape index (κ3) is 7.42. The Hall–Kier alpha value is -1.88. The van der Waals surface area contributed by atoms with Crippen molar-refractivity contribution in [3.63, 3.8) is 0 Å². The Kier molecular flexibility index (Phi) is 9.35. The molecule has 0 saturated carbocycles. The van der Waals surface area contributed by atoms with Crippen LogP contribution in [0, 0.1) is 5.92 Å². The molecule has 2 atom stereocenters. The zero-order valence-electron chi connectivity index (χ0n) is 17.3. The highest BCUT2D eigenvalue weighted by Gasteiger charge is 2.32. The Balaban J connectivity index is 2.14. The van der Waals surface area contributed by atoms with Crippen LogP contribution >= 0.6 is 0 Å². The number of hydrogen-bond acceptors (Lipinski definition) is 5. The van der Waals surface area contributed by atoms with E-state index in [4.69, 9.17) is 4.74 Å². The summed E-state index contributed by atoms with van der Waals surface area (Å²) in [7, 11) is -3.91. The van der Waals surface area contributed by atoms with Crippen LogP contribution in [0.1, 0.15) is 25.8 Å². The second-order valence-corrected chi connectivity index (χ2v) is 9.37. The lowest BCUT2D eigenvalue weighted by Crippen LogP contribution is -2.56. The van der Waals surface area contributed by atoms with Crippen LogP contribution < -0.4 is 10.0 Å². The van der Waals surface area contributed by atoms with Crippen molar-refractivity contribution in [3.8, 4) is 0 Å². The number of benzene rings is 1. The van der Waals surface area contributed by atoms with Gasteiger partial charge in [-0.05, 0) is 24.3 Å². The van der Waals surface area contributed by atoms with Gasteiger partial charge in [-0.2, -0.15) is 17.4 Å². The molecule has 1 amide bonds. The van der Waals surface area contributed by atoms with Gasteiger partial charge in [0.2, 0.25) is 5.91 Å². The number of halogens is 1. The molecule has 0 aliphatic carbocycles. The van der Waals surface area contributed by atoms with E-state index in [-0.39, 0.29) is 45.1 Å². The van der Waals surface area contributed by atoms with Gasteiger partial charge in [0, 0.05) is 13.1 Å². The minimum Gasteiger partial charge on any atom is -0.379 e. The topological polar surface area (TPSA) is 105 Å². The molecule has 1 unspecified atom stereocenters. The third-order valence-electron chi connectivity index (χ3n) is 4.74. The van der Waals surface area contributed by atoms with Crippen LogP contribution in [0.5, 0.6) is 0 Å². The van der Waals surface area contributed by atoms with Crippen LogP contribution in [-0.2, 0) is 31.0 Å². The van der Waals surface area contributed by atoms with Gasteiger partial charge in [-0.15, -0.1) is 0 Å². The molecule has 0 aromatic heterocycles. The molecule has 0 radical (unpaired) electrons. The van der Waals surface area contributed by atoms with E-state index >= 15 is 0 Å². The fourth-order valence-corrected chi connectivity index (χ4v) is 4.52. The van der Waals surface area contributed by atoms with Crippen LogP contribution in [0.25, 0.3) is 0 Å². The fraction of sp³-hybridized carbons (Fsp3) is 0.600. The first-order valence-electron chi connectivity index (χ1n) is 10.0. The molecule has 1 fully saturated rings. The van der Waals surface area contributed by atoms with Crippen molar-refractivity contribution in [2.45, 2.75) is 38.8 Å². The minimum absolute atomic E-state index is 0.0117. The van der Waals surface area contributed by atoms with Gasteiger partial charge >= 0.3 is 0 Å². The summed E-state index contributed by atoms with van der Waals surface area (Å²) in [6, 6.07) is 6.77. The van der Waals surface area contributed by atoms with E-state index < -0.39 is 40.7 Å². The van der Waals surface area contributed by atoms with E-state index in [0.717, 1.165) is 5.56 Å². The number of Topliss-reactive ketones (excluding diaryl/α,β-unsaturated/α-hetero) is 1. The number of amides is 1. The maximum Gasteiger partial charge on any atom is 0.280 e. The summed E-state index contributed by atoms with van der Waals surface area (Å²) in [4.78, 5) is 25.0. The number of ether oxygens (including phenoxy) is 1. The second-order valence-electron chi connectivity index (χ2n) is 7.67. The summed E-state index contributed by atoms with van der Waals surface area (Å²) in [6.45, 7) is 3.46. The Morgan fingerprint density at radius 2 is 1.77 bits per heavy atom. The lowest BCUT2D eigenvalue weighted by Gasteiger charge is -2.29. The van der Waals surface area contributed by atoms with Gasteiger partial charge in [0.05, 0.1) is 19.3 Å². The smallest absolute Gasteiger partial charge is 0.280 e. The number of nitrogens with one attached hydrogen (secondary N) is 2. The molecule has 10 heteroatoms. The molecule has 1 aromatic rings. The molecule has 1 aliphatic heterocycles. The Morgan fingerprint density at radius 1 is 1.13 bits per heavy atom. The molecule has 2 N–H and O–H groups in total. The average Bonchev–Trinajstić information content (AvgIpc) is 2.73. The Morgan fingerprint density at radius 3 is 2.33 bits per heavy atom. The first-order valence-corrected chi connectivity index (χ1v) is 11.4. The molecule has 2 rings (SSSR count). The van der Waals surface area contributed by atoms with Crippen molar-refractivity contribution in [2.24, 2.45) is 5.92 Å². The number of carbonyl (C=O) groups excluding carboxylic acids is 2. The van der Waals surface area contributed by atoms with Crippen LogP contribution in [0.4, 0.5) is 4.39 Å². The third-order valence-corrected chi connectivity index (χ3v) is 6.37. The van der Waals surface area contributed by atoms with Gasteiger partial charge in [-0.25, -0.2) is 4.39 Å². The summed E-state index contributed by atoms with van der Waals surface area (Å²) >= 11 is 0. The van der Waals surface area contributed by atoms with Gasteiger partial charge in [0.15, 0.2) is 5.78 Å². The zero-order valence-corrected chi connectivity index (χ0v) is 18.2. The van der Waals surface area contributed by atoms with Crippen LogP contribution in [0.2, 0.25) is 0 Å². The predicted octanol–water partition coefficient (Wildman–Crippen LogP) is 0.834. The maximum atomic E-state index is 13.1. The van der Waals surface area contributed by atoms with Crippen molar-refractivity contribution >= 4 is 21.9 Å². The molecule has 168 valence electrons. The van der Waals surface area contributed by atoms with Gasteiger partial charge in [-0.1, -0.05) is 44.2 Å². The number of rotatable bonds is 11. The van der Waals surface area contributed by atoms with E-state index in [1.807, 2.05) is 19.9 Å². The van der Waals surface area contributed by atoms with E-state index in [0.29, 0.717) is 0 Å². The fourth-order valence-electron chi connectivity index (χ4n) is 3.18. The quantitative estimate of drug-likeness (QED) is 0.527. The van der Waals surface area contributed by atoms with E-state index in [2.05, 4.69) is 10.0 Å².